The van der Waals surface area contributed by atoms with E-state index < -0.39 is 24.2 Å². The first-order valence-corrected chi connectivity index (χ1v) is 12.2. The van der Waals surface area contributed by atoms with E-state index in [2.05, 4.69) is 15.7 Å². The molecule has 3 heterocycles. The molecule has 4 rings (SSSR count). The number of nitrogens with zero attached hydrogens (tertiary/aromatic N) is 2. The molecule has 0 radical (unpaired) electrons. The van der Waals surface area contributed by atoms with Crippen molar-refractivity contribution < 1.29 is 22.7 Å². The monoisotopic (exact) mass is 498 g/mol. The van der Waals surface area contributed by atoms with E-state index in [0.29, 0.717) is 18.0 Å². The van der Waals surface area contributed by atoms with Crippen LogP contribution in [-0.2, 0) is 4.74 Å². The number of carbonyl (C=O) groups is 1. The fraction of sp³-hybridized carbons (Fsp3) is 0.583. The van der Waals surface area contributed by atoms with Gasteiger partial charge in [0.1, 0.15) is 10.8 Å². The van der Waals surface area contributed by atoms with Gasteiger partial charge >= 0.3 is 6.18 Å². The summed E-state index contributed by atoms with van der Waals surface area (Å²) in [6, 6.07) is 6.40. The average molecular weight is 499 g/mol. The fourth-order valence-corrected chi connectivity index (χ4v) is 5.01. The maximum absolute atomic E-state index is 13.9. The predicted molar refractivity (Wildman–Crippen MR) is 124 cm³/mol. The van der Waals surface area contributed by atoms with Crippen LogP contribution in [0.25, 0.3) is 0 Å². The zero-order valence-corrected chi connectivity index (χ0v) is 19.7. The van der Waals surface area contributed by atoms with Crippen LogP contribution in [0.2, 0.25) is 5.02 Å². The van der Waals surface area contributed by atoms with E-state index in [4.69, 9.17) is 16.3 Å². The lowest BCUT2D eigenvalue weighted by atomic mass is 9.94. The molecule has 1 aromatic heterocycles. The summed E-state index contributed by atoms with van der Waals surface area (Å²) < 4.78 is 47.9. The molecule has 1 aromatic carbocycles. The normalized spacial score (nSPS) is 23.0. The van der Waals surface area contributed by atoms with Gasteiger partial charge in [-0.25, -0.2) is 4.68 Å². The number of carbonyl (C=O) groups excluding carboxylic acids is 1. The molecule has 2 aliphatic heterocycles. The predicted octanol–water partition coefficient (Wildman–Crippen LogP) is 5.91. The summed E-state index contributed by atoms with van der Waals surface area (Å²) in [6.45, 7) is 2.06. The second-order valence-electron chi connectivity index (χ2n) is 9.02. The van der Waals surface area contributed by atoms with Crippen molar-refractivity contribution in [3.63, 3.8) is 0 Å². The van der Waals surface area contributed by atoms with Gasteiger partial charge in [-0.15, -0.1) is 0 Å². The van der Waals surface area contributed by atoms with E-state index in [1.165, 1.54) is 6.42 Å². The quantitative estimate of drug-likeness (QED) is 0.465. The van der Waals surface area contributed by atoms with E-state index in [9.17, 15) is 18.0 Å². The molecule has 6 nitrogen and oxygen atoms in total. The number of rotatable bonds is 7. The van der Waals surface area contributed by atoms with Crippen LogP contribution in [0, 0.1) is 5.92 Å². The van der Waals surface area contributed by atoms with Gasteiger partial charge in [0, 0.05) is 26.2 Å². The first-order chi connectivity index (χ1) is 16.3. The molecule has 2 aliphatic rings. The highest BCUT2D eigenvalue weighted by molar-refractivity contribution is 6.36. The molecular formula is C24H30ClF3N4O2. The summed E-state index contributed by atoms with van der Waals surface area (Å²) in [5, 5.41) is 9.71. The van der Waals surface area contributed by atoms with Gasteiger partial charge in [-0.3, -0.25) is 4.79 Å². The molecule has 0 bridgehead atoms. The first kappa shape index (κ1) is 24.9. The molecule has 1 saturated heterocycles. The zero-order chi connectivity index (χ0) is 24.1. The highest BCUT2D eigenvalue weighted by atomic mass is 35.5. The maximum atomic E-state index is 13.9. The number of hydrogen-bond donors (Lipinski definition) is 2. The molecule has 2 aromatic rings. The molecule has 10 heteroatoms. The van der Waals surface area contributed by atoms with Gasteiger partial charge < -0.3 is 15.4 Å². The lowest BCUT2D eigenvalue weighted by Gasteiger charge is -2.33. The van der Waals surface area contributed by atoms with Crippen LogP contribution in [0.3, 0.4) is 0 Å². The molecule has 0 saturated carbocycles. The number of unbranched alkanes of at least 4 members (excludes halogenated alkanes) is 1. The number of alkyl halides is 3. The summed E-state index contributed by atoms with van der Waals surface area (Å²) >= 11 is 6.38. The number of aromatic nitrogens is 2. The Kier molecular flexibility index (Phi) is 8.03. The zero-order valence-electron chi connectivity index (χ0n) is 18.9. The van der Waals surface area contributed by atoms with Gasteiger partial charge in [-0.2, -0.15) is 18.3 Å². The van der Waals surface area contributed by atoms with Crippen molar-refractivity contribution in [2.45, 2.75) is 63.2 Å². The minimum atomic E-state index is -4.53. The molecule has 0 aliphatic carbocycles. The summed E-state index contributed by atoms with van der Waals surface area (Å²) in [4.78, 5) is 12.7. The highest BCUT2D eigenvalue weighted by Crippen LogP contribution is 2.46. The number of benzene rings is 1. The Balaban J connectivity index is 1.40. The standard InChI is InChI=1S/C24H30ClF3N4O2/c25-20-21(23(33)29-12-5-4-7-16-8-6-13-34-14-11-16)31-32-19(24(26,27)28)15-18(30-22(20)32)17-9-2-1-3-10-17/h1-3,9-10,16,18-19,30H,4-8,11-15H2,(H,29,33). The number of halogens is 4. The molecule has 0 spiro atoms. The van der Waals surface area contributed by atoms with Crippen molar-refractivity contribution >= 4 is 23.3 Å². The Morgan fingerprint density at radius 1 is 1.21 bits per heavy atom. The highest BCUT2D eigenvalue weighted by Gasteiger charge is 2.47. The van der Waals surface area contributed by atoms with Crippen LogP contribution in [-0.4, -0.2) is 41.6 Å². The van der Waals surface area contributed by atoms with Crippen molar-refractivity contribution in [2.75, 3.05) is 25.1 Å². The molecular weight excluding hydrogens is 469 g/mol. The van der Waals surface area contributed by atoms with Gasteiger partial charge in [0.15, 0.2) is 11.7 Å². The third kappa shape index (κ3) is 5.86. The third-order valence-electron chi connectivity index (χ3n) is 6.61. The summed E-state index contributed by atoms with van der Waals surface area (Å²) in [6.07, 6.45) is 1.38. The smallest absolute Gasteiger partial charge is 0.381 e. The van der Waals surface area contributed by atoms with Crippen LogP contribution in [0.15, 0.2) is 30.3 Å². The van der Waals surface area contributed by atoms with Gasteiger partial charge in [0.05, 0.1) is 6.04 Å². The summed E-state index contributed by atoms with van der Waals surface area (Å²) in [5.74, 6) is 0.106. The number of amides is 1. The van der Waals surface area contributed by atoms with E-state index in [1.807, 2.05) is 0 Å². The number of anilines is 1. The van der Waals surface area contributed by atoms with E-state index in [1.54, 1.807) is 30.3 Å². The largest absolute Gasteiger partial charge is 0.410 e. The molecule has 2 N–H and O–H groups in total. The van der Waals surface area contributed by atoms with Crippen molar-refractivity contribution in [2.24, 2.45) is 5.92 Å². The Morgan fingerprint density at radius 3 is 2.76 bits per heavy atom. The van der Waals surface area contributed by atoms with E-state index >= 15 is 0 Å². The van der Waals surface area contributed by atoms with Gasteiger partial charge in [0.2, 0.25) is 0 Å². The van der Waals surface area contributed by atoms with Crippen molar-refractivity contribution in [3.8, 4) is 0 Å². The summed E-state index contributed by atoms with van der Waals surface area (Å²) in [5.41, 5.74) is 0.527. The number of hydrogen-bond acceptors (Lipinski definition) is 4. The second-order valence-corrected chi connectivity index (χ2v) is 9.40. The molecule has 3 atom stereocenters. The molecule has 186 valence electrons. The van der Waals surface area contributed by atoms with Gasteiger partial charge in [-0.1, -0.05) is 54.8 Å². The van der Waals surface area contributed by atoms with Crippen molar-refractivity contribution in [3.05, 3.63) is 46.6 Å². The minimum absolute atomic E-state index is 0.0184. The van der Waals surface area contributed by atoms with Gasteiger partial charge in [0.25, 0.3) is 5.91 Å². The lowest BCUT2D eigenvalue weighted by Crippen LogP contribution is -2.36. The maximum Gasteiger partial charge on any atom is 0.410 e. The number of ether oxygens (including phenoxy) is 1. The van der Waals surface area contributed by atoms with Crippen LogP contribution in [0.1, 0.15) is 73.1 Å². The third-order valence-corrected chi connectivity index (χ3v) is 6.97. The molecule has 34 heavy (non-hydrogen) atoms. The molecule has 3 unspecified atom stereocenters. The number of fused-ring (bicyclic) bond motifs is 1. The molecule has 1 fully saturated rings. The van der Waals surface area contributed by atoms with Crippen LogP contribution in [0.5, 0.6) is 0 Å². The summed E-state index contributed by atoms with van der Waals surface area (Å²) in [7, 11) is 0. The van der Waals surface area contributed by atoms with Crippen LogP contribution in [0.4, 0.5) is 19.0 Å². The van der Waals surface area contributed by atoms with Crippen LogP contribution < -0.4 is 10.6 Å². The Hall–Kier alpha value is -2.26. The van der Waals surface area contributed by atoms with E-state index in [-0.39, 0.29) is 23.0 Å². The second kappa shape index (κ2) is 11.0. The number of nitrogens with one attached hydrogen (secondary N) is 2. The van der Waals surface area contributed by atoms with Crippen molar-refractivity contribution in [1.29, 1.82) is 0 Å². The lowest BCUT2D eigenvalue weighted by molar-refractivity contribution is -0.173. The van der Waals surface area contributed by atoms with Crippen LogP contribution >= 0.6 is 11.6 Å². The average Bonchev–Trinajstić information content (AvgIpc) is 2.98. The Labute approximate surface area is 202 Å². The van der Waals surface area contributed by atoms with E-state index in [0.717, 1.165) is 50.0 Å². The topological polar surface area (TPSA) is 68.2 Å². The first-order valence-electron chi connectivity index (χ1n) is 11.9. The fourth-order valence-electron chi connectivity index (χ4n) is 4.74. The Bertz CT molecular complexity index is 959. The van der Waals surface area contributed by atoms with Gasteiger partial charge in [-0.05, 0) is 37.2 Å². The van der Waals surface area contributed by atoms with Crippen molar-refractivity contribution in [1.82, 2.24) is 15.1 Å². The molecule has 1 amide bonds. The SMILES string of the molecule is O=C(NCCCCC1CCCOCC1)c1nn2c(c1Cl)NC(c1ccccc1)CC2C(F)(F)F. The minimum Gasteiger partial charge on any atom is -0.381 e. The Morgan fingerprint density at radius 2 is 2.00 bits per heavy atom.